The first-order valence-corrected chi connectivity index (χ1v) is 8.66. The Hall–Kier alpha value is -0.940. The number of ether oxygens (including phenoxy) is 3. The van der Waals surface area contributed by atoms with Gasteiger partial charge in [-0.25, -0.2) is 0 Å². The predicted octanol–water partition coefficient (Wildman–Crippen LogP) is 2.65. The fourth-order valence-electron chi connectivity index (χ4n) is 4.42. The van der Waals surface area contributed by atoms with Crippen molar-refractivity contribution < 1.29 is 23.8 Å². The molecule has 0 aromatic heterocycles. The molecule has 23 heavy (non-hydrogen) atoms. The summed E-state index contributed by atoms with van der Waals surface area (Å²) in [7, 11) is 1.69. The molecule has 0 aromatic rings. The molecule has 4 aliphatic rings. The monoisotopic (exact) mass is 324 g/mol. The molecule has 2 aliphatic heterocycles. The van der Waals surface area contributed by atoms with Crippen LogP contribution in [-0.2, 0) is 23.8 Å². The summed E-state index contributed by atoms with van der Waals surface area (Å²) in [6.07, 6.45) is 4.11. The fraction of sp³-hybridized carbons (Fsp3) is 0.889. The molecule has 2 aliphatic carbocycles. The van der Waals surface area contributed by atoms with Crippen LogP contribution in [0.15, 0.2) is 0 Å². The molecule has 4 atom stereocenters. The minimum atomic E-state index is -0.624. The number of hydrogen-bond acceptors (Lipinski definition) is 5. The van der Waals surface area contributed by atoms with Crippen LogP contribution >= 0.6 is 0 Å². The molecule has 4 unspecified atom stereocenters. The van der Waals surface area contributed by atoms with Gasteiger partial charge in [0.1, 0.15) is 12.2 Å². The Morgan fingerprint density at radius 2 is 1.91 bits per heavy atom. The Morgan fingerprint density at radius 3 is 2.57 bits per heavy atom. The molecular weight excluding hydrogens is 296 g/mol. The van der Waals surface area contributed by atoms with E-state index < -0.39 is 16.6 Å². The van der Waals surface area contributed by atoms with Crippen molar-refractivity contribution >= 4 is 11.8 Å². The molecule has 5 heteroatoms. The summed E-state index contributed by atoms with van der Waals surface area (Å²) in [4.78, 5) is 25.0. The number of carbonyl (C=O) groups is 2. The number of esters is 1. The number of carbonyl (C=O) groups excluding carboxylic acids is 2. The van der Waals surface area contributed by atoms with E-state index in [1.807, 2.05) is 20.8 Å². The molecule has 5 nitrogen and oxygen atoms in total. The second kappa shape index (κ2) is 5.55. The van der Waals surface area contributed by atoms with Gasteiger partial charge in [-0.2, -0.15) is 0 Å². The van der Waals surface area contributed by atoms with Gasteiger partial charge in [0.25, 0.3) is 0 Å². The highest BCUT2D eigenvalue weighted by Crippen LogP contribution is 2.53. The van der Waals surface area contributed by atoms with Gasteiger partial charge in [-0.15, -0.1) is 0 Å². The Labute approximate surface area is 138 Å². The van der Waals surface area contributed by atoms with Crippen molar-refractivity contribution in [2.75, 3.05) is 13.7 Å². The average Bonchev–Trinajstić information content (AvgIpc) is 2.50. The van der Waals surface area contributed by atoms with Crippen molar-refractivity contribution in [1.82, 2.24) is 0 Å². The zero-order valence-electron chi connectivity index (χ0n) is 14.6. The molecule has 2 saturated carbocycles. The van der Waals surface area contributed by atoms with E-state index in [9.17, 15) is 9.59 Å². The van der Waals surface area contributed by atoms with Crippen molar-refractivity contribution in [2.45, 2.75) is 76.6 Å². The van der Waals surface area contributed by atoms with E-state index in [4.69, 9.17) is 14.2 Å². The summed E-state index contributed by atoms with van der Waals surface area (Å²) < 4.78 is 17.7. The molecule has 4 bridgehead atoms. The number of fused-ring (bicyclic) bond motifs is 2. The van der Waals surface area contributed by atoms with E-state index in [1.54, 1.807) is 7.11 Å². The van der Waals surface area contributed by atoms with Gasteiger partial charge in [-0.05, 0) is 33.1 Å². The van der Waals surface area contributed by atoms with Crippen LogP contribution in [0.5, 0.6) is 0 Å². The second-order valence-corrected chi connectivity index (χ2v) is 8.29. The first kappa shape index (κ1) is 16.9. The lowest BCUT2D eigenvalue weighted by atomic mass is 9.60. The Balaban J connectivity index is 1.91. The summed E-state index contributed by atoms with van der Waals surface area (Å²) in [5.41, 5.74) is -1.54. The molecule has 4 rings (SSSR count). The lowest BCUT2D eigenvalue weighted by Gasteiger charge is -2.56. The molecule has 0 radical (unpaired) electrons. The first-order valence-electron chi connectivity index (χ1n) is 8.66. The van der Waals surface area contributed by atoms with Crippen molar-refractivity contribution in [3.63, 3.8) is 0 Å². The van der Waals surface area contributed by atoms with Crippen LogP contribution in [0, 0.1) is 11.3 Å². The molecule has 0 N–H and O–H groups in total. The van der Waals surface area contributed by atoms with Crippen LogP contribution in [0.25, 0.3) is 0 Å². The van der Waals surface area contributed by atoms with E-state index in [1.165, 1.54) is 0 Å². The van der Waals surface area contributed by atoms with E-state index in [-0.39, 0.29) is 30.4 Å². The van der Waals surface area contributed by atoms with Gasteiger partial charge in [0.15, 0.2) is 5.78 Å². The third kappa shape index (κ3) is 2.93. The van der Waals surface area contributed by atoms with E-state index in [0.29, 0.717) is 19.3 Å². The quantitative estimate of drug-likeness (QED) is 0.744. The third-order valence-electron chi connectivity index (χ3n) is 6.18. The number of rotatable bonds is 4. The Bertz CT molecular complexity index is 514. The molecule has 2 heterocycles. The summed E-state index contributed by atoms with van der Waals surface area (Å²) in [6, 6.07) is 0. The molecule has 0 aromatic carbocycles. The summed E-state index contributed by atoms with van der Waals surface area (Å²) in [5, 5.41) is 0. The van der Waals surface area contributed by atoms with E-state index >= 15 is 0 Å². The maximum atomic E-state index is 12.7. The Kier molecular flexibility index (Phi) is 4.08. The Morgan fingerprint density at radius 1 is 1.26 bits per heavy atom. The lowest BCUT2D eigenvalue weighted by molar-refractivity contribution is -0.232. The van der Waals surface area contributed by atoms with Gasteiger partial charge in [0.2, 0.25) is 0 Å². The topological polar surface area (TPSA) is 61.8 Å². The smallest absolute Gasteiger partial charge is 0.312 e. The van der Waals surface area contributed by atoms with Gasteiger partial charge >= 0.3 is 5.97 Å². The SMILES string of the molecule is CCC(C)(C)C(=O)OC12CC3CC(OC)(CC(C1)C(=O)CO3)C2. The standard InChI is InChI=1S/C18H28O5/c1-5-16(2,3)15(20)23-18-7-12-6-17(11-18,21-4)8-13(9-18)22-10-14(12)19/h12-13H,5-11H2,1-4H3. The number of methoxy groups -OCH3 is 1. The highest BCUT2D eigenvalue weighted by atomic mass is 16.6. The largest absolute Gasteiger partial charge is 0.458 e. The van der Waals surface area contributed by atoms with Crippen LogP contribution in [0.3, 0.4) is 0 Å². The van der Waals surface area contributed by atoms with Crippen molar-refractivity contribution in [3.05, 3.63) is 0 Å². The third-order valence-corrected chi connectivity index (χ3v) is 6.18. The van der Waals surface area contributed by atoms with Gasteiger partial charge in [-0.1, -0.05) is 6.92 Å². The van der Waals surface area contributed by atoms with Crippen LogP contribution in [0.4, 0.5) is 0 Å². The number of ketones is 1. The molecule has 130 valence electrons. The second-order valence-electron chi connectivity index (χ2n) is 8.29. The fourth-order valence-corrected chi connectivity index (χ4v) is 4.42. The number of hydrogen-bond donors (Lipinski definition) is 0. The maximum absolute atomic E-state index is 12.7. The van der Waals surface area contributed by atoms with Gasteiger partial charge in [0.05, 0.1) is 17.1 Å². The van der Waals surface area contributed by atoms with Crippen LogP contribution in [0.1, 0.15) is 59.3 Å². The molecule has 0 amide bonds. The first-order chi connectivity index (χ1) is 10.7. The minimum absolute atomic E-state index is 0.0774. The zero-order chi connectivity index (χ0) is 16.9. The summed E-state index contributed by atoms with van der Waals surface area (Å²) in [5.74, 6) is -0.201. The van der Waals surface area contributed by atoms with Crippen molar-refractivity contribution in [2.24, 2.45) is 11.3 Å². The summed E-state index contributed by atoms with van der Waals surface area (Å²) in [6.45, 7) is 5.98. The van der Waals surface area contributed by atoms with Gasteiger partial charge in [-0.3, -0.25) is 9.59 Å². The summed E-state index contributed by atoms with van der Waals surface area (Å²) >= 11 is 0. The predicted molar refractivity (Wildman–Crippen MR) is 84.0 cm³/mol. The molecular formula is C18H28O5. The highest BCUT2D eigenvalue weighted by molar-refractivity contribution is 5.83. The van der Waals surface area contributed by atoms with Gasteiger partial charge in [0, 0.05) is 32.3 Å². The maximum Gasteiger partial charge on any atom is 0.312 e. The van der Waals surface area contributed by atoms with Crippen LogP contribution in [-0.4, -0.2) is 42.8 Å². The van der Waals surface area contributed by atoms with E-state index in [2.05, 4.69) is 0 Å². The molecule has 4 fully saturated rings. The van der Waals surface area contributed by atoms with Crippen LogP contribution < -0.4 is 0 Å². The zero-order valence-corrected chi connectivity index (χ0v) is 14.6. The normalized spacial score (nSPS) is 39.9. The lowest BCUT2D eigenvalue weighted by Crippen LogP contribution is -2.62. The minimum Gasteiger partial charge on any atom is -0.458 e. The van der Waals surface area contributed by atoms with Crippen molar-refractivity contribution in [1.29, 1.82) is 0 Å². The van der Waals surface area contributed by atoms with Crippen LogP contribution in [0.2, 0.25) is 0 Å². The van der Waals surface area contributed by atoms with Crippen molar-refractivity contribution in [3.8, 4) is 0 Å². The van der Waals surface area contributed by atoms with E-state index in [0.717, 1.165) is 19.3 Å². The molecule has 0 spiro atoms. The van der Waals surface area contributed by atoms with Gasteiger partial charge < -0.3 is 14.2 Å². The number of Topliss-reactive ketones (excluding diaryl/α,β-unsaturated/α-hetero) is 1. The molecule has 2 saturated heterocycles. The highest BCUT2D eigenvalue weighted by Gasteiger charge is 2.59. The average molecular weight is 324 g/mol.